The molecule has 4 nitrogen and oxygen atoms in total. The number of nitrogens with zero attached hydrogens (tertiary/aromatic N) is 1. The third-order valence-electron chi connectivity index (χ3n) is 3.76. The molecule has 0 saturated carbocycles. The monoisotopic (exact) mass is 365 g/mol. The van der Waals surface area contributed by atoms with Gasteiger partial charge in [0.05, 0.1) is 23.4 Å². The third kappa shape index (κ3) is 4.37. The number of hydrogen-bond donors (Lipinski definition) is 0. The van der Waals surface area contributed by atoms with Gasteiger partial charge >= 0.3 is 5.97 Å². The molecule has 0 aliphatic rings. The van der Waals surface area contributed by atoms with Gasteiger partial charge in [-0.3, -0.25) is 0 Å². The van der Waals surface area contributed by atoms with Gasteiger partial charge in [-0.2, -0.15) is 0 Å². The molecule has 0 fully saturated rings. The molecule has 0 atom stereocenters. The molecule has 132 valence electrons. The molecule has 0 spiro atoms. The Bertz CT molecular complexity index is 916. The van der Waals surface area contributed by atoms with Crippen LogP contribution >= 0.6 is 11.3 Å². The fraction of sp³-hybridized carbons (Fsp3) is 0.143. The fourth-order valence-corrected chi connectivity index (χ4v) is 3.11. The number of carbonyl (C=O) groups is 1. The number of benzene rings is 2. The Morgan fingerprint density at radius 3 is 2.54 bits per heavy atom. The van der Waals surface area contributed by atoms with Crippen molar-refractivity contribution in [1.29, 1.82) is 0 Å². The molecule has 26 heavy (non-hydrogen) atoms. The molecule has 0 aliphatic heterocycles. The van der Waals surface area contributed by atoms with Gasteiger partial charge in [0, 0.05) is 10.9 Å². The van der Waals surface area contributed by atoms with E-state index in [1.807, 2.05) is 66.9 Å². The number of para-hydroxylation sites is 1. The summed E-state index contributed by atoms with van der Waals surface area (Å²) in [6.07, 6.45) is 1.79. The van der Waals surface area contributed by atoms with E-state index in [0.717, 1.165) is 21.8 Å². The van der Waals surface area contributed by atoms with E-state index in [4.69, 9.17) is 9.47 Å². The topological polar surface area (TPSA) is 48.4 Å². The lowest BCUT2D eigenvalue weighted by atomic mass is 10.0. The first kappa shape index (κ1) is 17.9. The first-order chi connectivity index (χ1) is 12.7. The van der Waals surface area contributed by atoms with Crippen LogP contribution in [0.2, 0.25) is 0 Å². The Balaban J connectivity index is 1.90. The van der Waals surface area contributed by atoms with Crippen molar-refractivity contribution < 1.29 is 14.3 Å². The molecule has 3 rings (SSSR count). The molecule has 0 aliphatic carbocycles. The standard InChI is InChI=1S/C21H19NO3S/c1-15-22-18(14-26-15)13-25-21(23)19(16-8-4-3-5-9-16)12-17-10-6-7-11-20(17)24-2/h3-12,14H,13H2,1-2H3/b19-12+. The highest BCUT2D eigenvalue weighted by Gasteiger charge is 2.15. The van der Waals surface area contributed by atoms with Crippen LogP contribution in [0.25, 0.3) is 11.6 Å². The van der Waals surface area contributed by atoms with Gasteiger partial charge in [0.25, 0.3) is 0 Å². The predicted molar refractivity (Wildman–Crippen MR) is 104 cm³/mol. The van der Waals surface area contributed by atoms with Crippen LogP contribution in [0.5, 0.6) is 5.75 Å². The van der Waals surface area contributed by atoms with Gasteiger partial charge in [-0.25, -0.2) is 9.78 Å². The van der Waals surface area contributed by atoms with Crippen molar-refractivity contribution in [2.45, 2.75) is 13.5 Å². The van der Waals surface area contributed by atoms with Crippen LogP contribution in [0, 0.1) is 6.92 Å². The minimum absolute atomic E-state index is 0.152. The zero-order valence-corrected chi connectivity index (χ0v) is 15.5. The van der Waals surface area contributed by atoms with Crippen LogP contribution in [-0.2, 0) is 16.1 Å². The Morgan fingerprint density at radius 1 is 1.12 bits per heavy atom. The Kier molecular flexibility index (Phi) is 5.81. The number of aryl methyl sites for hydroxylation is 1. The summed E-state index contributed by atoms with van der Waals surface area (Å²) in [6.45, 7) is 2.08. The van der Waals surface area contributed by atoms with Gasteiger partial charge in [0.2, 0.25) is 0 Å². The molecule has 1 aromatic heterocycles. The Hall–Kier alpha value is -2.92. The smallest absolute Gasteiger partial charge is 0.339 e. The molecule has 0 bridgehead atoms. The maximum Gasteiger partial charge on any atom is 0.339 e. The van der Waals surface area contributed by atoms with Crippen LogP contribution in [0.1, 0.15) is 21.8 Å². The highest BCUT2D eigenvalue weighted by atomic mass is 32.1. The molecular formula is C21H19NO3S. The summed E-state index contributed by atoms with van der Waals surface area (Å²) in [5.41, 5.74) is 2.83. The van der Waals surface area contributed by atoms with E-state index in [-0.39, 0.29) is 6.61 Å². The van der Waals surface area contributed by atoms with Crippen molar-refractivity contribution in [3.05, 3.63) is 81.8 Å². The lowest BCUT2D eigenvalue weighted by molar-refractivity contribution is -0.137. The summed E-state index contributed by atoms with van der Waals surface area (Å²) >= 11 is 1.53. The lowest BCUT2D eigenvalue weighted by Crippen LogP contribution is -2.08. The van der Waals surface area contributed by atoms with Crippen LogP contribution < -0.4 is 4.74 Å². The van der Waals surface area contributed by atoms with E-state index < -0.39 is 5.97 Å². The number of carbonyl (C=O) groups excluding carboxylic acids is 1. The van der Waals surface area contributed by atoms with E-state index >= 15 is 0 Å². The average Bonchev–Trinajstić information content (AvgIpc) is 3.10. The third-order valence-corrected chi connectivity index (χ3v) is 4.58. The second kappa shape index (κ2) is 8.45. The van der Waals surface area contributed by atoms with Crippen molar-refractivity contribution in [3.8, 4) is 5.75 Å². The number of hydrogen-bond acceptors (Lipinski definition) is 5. The van der Waals surface area contributed by atoms with Crippen LogP contribution in [0.4, 0.5) is 0 Å². The highest BCUT2D eigenvalue weighted by Crippen LogP contribution is 2.25. The first-order valence-electron chi connectivity index (χ1n) is 8.15. The molecule has 0 unspecified atom stereocenters. The van der Waals surface area contributed by atoms with Crippen molar-refractivity contribution in [1.82, 2.24) is 4.98 Å². The second-order valence-electron chi connectivity index (χ2n) is 5.60. The summed E-state index contributed by atoms with van der Waals surface area (Å²) < 4.78 is 10.9. The molecular weight excluding hydrogens is 346 g/mol. The normalized spacial score (nSPS) is 11.2. The van der Waals surface area contributed by atoms with Crippen LogP contribution in [-0.4, -0.2) is 18.1 Å². The zero-order valence-electron chi connectivity index (χ0n) is 14.6. The quantitative estimate of drug-likeness (QED) is 0.359. The van der Waals surface area contributed by atoms with Crippen molar-refractivity contribution >= 4 is 29.0 Å². The molecule has 3 aromatic rings. The lowest BCUT2D eigenvalue weighted by Gasteiger charge is -2.10. The number of thiazole rings is 1. The van der Waals surface area contributed by atoms with E-state index in [9.17, 15) is 4.79 Å². The van der Waals surface area contributed by atoms with Crippen LogP contribution in [0.3, 0.4) is 0 Å². The SMILES string of the molecule is COc1ccccc1/C=C(/C(=O)OCc1csc(C)n1)c1ccccc1. The van der Waals surface area contributed by atoms with Gasteiger partial charge < -0.3 is 9.47 Å². The molecule has 2 aromatic carbocycles. The first-order valence-corrected chi connectivity index (χ1v) is 9.03. The minimum Gasteiger partial charge on any atom is -0.496 e. The summed E-state index contributed by atoms with van der Waals surface area (Å²) in [7, 11) is 1.61. The van der Waals surface area contributed by atoms with Crippen molar-refractivity contribution in [3.63, 3.8) is 0 Å². The molecule has 0 amide bonds. The van der Waals surface area contributed by atoms with Crippen LogP contribution in [0.15, 0.2) is 60.0 Å². The average molecular weight is 365 g/mol. The summed E-state index contributed by atoms with van der Waals surface area (Å²) in [5, 5.41) is 2.85. The van der Waals surface area contributed by atoms with Gasteiger partial charge in [-0.15, -0.1) is 11.3 Å². The van der Waals surface area contributed by atoms with E-state index in [0.29, 0.717) is 11.3 Å². The van der Waals surface area contributed by atoms with Crippen molar-refractivity contribution in [2.75, 3.05) is 7.11 Å². The second-order valence-corrected chi connectivity index (χ2v) is 6.66. The minimum atomic E-state index is -0.396. The van der Waals surface area contributed by atoms with E-state index in [1.165, 1.54) is 11.3 Å². The number of esters is 1. The number of aromatic nitrogens is 1. The Labute approximate surface area is 156 Å². The van der Waals surface area contributed by atoms with Gasteiger partial charge in [0.15, 0.2) is 0 Å². The molecule has 0 radical (unpaired) electrons. The maximum atomic E-state index is 12.8. The van der Waals surface area contributed by atoms with E-state index in [2.05, 4.69) is 4.98 Å². The number of methoxy groups -OCH3 is 1. The van der Waals surface area contributed by atoms with Gasteiger partial charge in [0.1, 0.15) is 12.4 Å². The maximum absolute atomic E-state index is 12.8. The molecule has 5 heteroatoms. The molecule has 0 saturated heterocycles. The summed E-state index contributed by atoms with van der Waals surface area (Å²) in [6, 6.07) is 17.0. The zero-order chi connectivity index (χ0) is 18.4. The van der Waals surface area contributed by atoms with Crippen molar-refractivity contribution in [2.24, 2.45) is 0 Å². The largest absolute Gasteiger partial charge is 0.496 e. The molecule has 0 N–H and O–H groups in total. The number of rotatable bonds is 6. The predicted octanol–water partition coefficient (Wildman–Crippen LogP) is 4.74. The van der Waals surface area contributed by atoms with E-state index in [1.54, 1.807) is 13.2 Å². The number of ether oxygens (including phenoxy) is 2. The highest BCUT2D eigenvalue weighted by molar-refractivity contribution is 7.09. The van der Waals surface area contributed by atoms with Gasteiger partial charge in [-0.1, -0.05) is 48.5 Å². The van der Waals surface area contributed by atoms with Gasteiger partial charge in [-0.05, 0) is 24.6 Å². The summed E-state index contributed by atoms with van der Waals surface area (Å²) in [4.78, 5) is 17.1. The fourth-order valence-electron chi connectivity index (χ4n) is 2.51. The summed E-state index contributed by atoms with van der Waals surface area (Å²) in [5.74, 6) is 0.302. The molecule has 1 heterocycles. The Morgan fingerprint density at radius 2 is 1.85 bits per heavy atom.